The summed E-state index contributed by atoms with van der Waals surface area (Å²) < 4.78 is 27.2. The number of hydrogen-bond donors (Lipinski definition) is 2. The summed E-state index contributed by atoms with van der Waals surface area (Å²) in [5.74, 6) is 1.14. The molecule has 0 amide bonds. The van der Waals surface area contributed by atoms with Crippen LogP contribution in [0.1, 0.15) is 32.1 Å². The number of hydrogen-bond acceptors (Lipinski definition) is 3. The molecule has 5 heteroatoms. The van der Waals surface area contributed by atoms with E-state index in [9.17, 15) is 8.42 Å². The van der Waals surface area contributed by atoms with E-state index >= 15 is 0 Å². The van der Waals surface area contributed by atoms with Crippen LogP contribution in [-0.2, 0) is 10.0 Å². The van der Waals surface area contributed by atoms with Gasteiger partial charge in [0.1, 0.15) is 0 Å². The first kappa shape index (κ1) is 11.0. The van der Waals surface area contributed by atoms with Gasteiger partial charge in [-0.1, -0.05) is 19.3 Å². The van der Waals surface area contributed by atoms with Gasteiger partial charge in [0.25, 0.3) is 0 Å². The highest BCUT2D eigenvalue weighted by atomic mass is 32.2. The van der Waals surface area contributed by atoms with Gasteiger partial charge in [-0.2, -0.15) is 0 Å². The molecule has 0 bridgehead atoms. The van der Waals surface area contributed by atoms with Gasteiger partial charge >= 0.3 is 0 Å². The zero-order chi connectivity index (χ0) is 11.2. The van der Waals surface area contributed by atoms with Crippen molar-refractivity contribution in [1.29, 1.82) is 0 Å². The smallest absolute Gasteiger partial charge is 0.214 e. The van der Waals surface area contributed by atoms with E-state index in [1.165, 1.54) is 6.42 Å². The largest absolute Gasteiger partial charge is 0.316 e. The van der Waals surface area contributed by atoms with Crippen LogP contribution in [0.4, 0.5) is 0 Å². The van der Waals surface area contributed by atoms with Crippen LogP contribution in [0.15, 0.2) is 0 Å². The minimum Gasteiger partial charge on any atom is -0.316 e. The van der Waals surface area contributed by atoms with Crippen molar-refractivity contribution in [3.63, 3.8) is 0 Å². The fraction of sp³-hybridized carbons (Fsp3) is 1.00. The van der Waals surface area contributed by atoms with E-state index in [2.05, 4.69) is 10.0 Å². The normalized spacial score (nSPS) is 39.6. The third kappa shape index (κ3) is 1.89. The molecule has 3 aliphatic rings. The lowest BCUT2D eigenvalue weighted by molar-refractivity contribution is 0.474. The number of piperidine rings is 1. The van der Waals surface area contributed by atoms with E-state index in [4.69, 9.17) is 0 Å². The Morgan fingerprint density at radius 3 is 2.25 bits per heavy atom. The molecule has 4 nitrogen and oxygen atoms in total. The third-order valence-corrected chi connectivity index (χ3v) is 6.33. The third-order valence-electron chi connectivity index (χ3n) is 4.38. The number of nitrogens with one attached hydrogen (secondary N) is 2. The summed E-state index contributed by atoms with van der Waals surface area (Å²) in [5.41, 5.74) is 0. The van der Waals surface area contributed by atoms with Crippen molar-refractivity contribution >= 4 is 10.0 Å². The molecular weight excluding hydrogens is 224 g/mol. The van der Waals surface area contributed by atoms with Crippen LogP contribution in [0.25, 0.3) is 0 Å². The summed E-state index contributed by atoms with van der Waals surface area (Å²) in [5, 5.41) is 3.17. The van der Waals surface area contributed by atoms with Crippen molar-refractivity contribution in [3.05, 3.63) is 0 Å². The lowest BCUT2D eigenvalue weighted by Crippen LogP contribution is -2.39. The van der Waals surface area contributed by atoms with Crippen molar-refractivity contribution < 1.29 is 8.42 Å². The highest BCUT2D eigenvalue weighted by Gasteiger charge is 2.54. The zero-order valence-corrected chi connectivity index (χ0v) is 10.3. The van der Waals surface area contributed by atoms with Crippen LogP contribution in [0.2, 0.25) is 0 Å². The summed E-state index contributed by atoms with van der Waals surface area (Å²) in [6, 6.07) is 0.244. The van der Waals surface area contributed by atoms with E-state index in [1.807, 2.05) is 0 Å². The summed E-state index contributed by atoms with van der Waals surface area (Å²) >= 11 is 0. The second-order valence-corrected chi connectivity index (χ2v) is 7.43. The van der Waals surface area contributed by atoms with Crippen LogP contribution in [0.3, 0.4) is 0 Å². The molecule has 2 unspecified atom stereocenters. The van der Waals surface area contributed by atoms with E-state index in [0.717, 1.165) is 38.8 Å². The molecule has 0 radical (unpaired) electrons. The van der Waals surface area contributed by atoms with Crippen LogP contribution in [0.5, 0.6) is 0 Å². The average Bonchev–Trinajstić information content (AvgIpc) is 2.76. The maximum absolute atomic E-state index is 12.1. The fourth-order valence-electron chi connectivity index (χ4n) is 3.25. The fourth-order valence-corrected chi connectivity index (χ4v) is 5.13. The molecule has 0 aromatic rings. The topological polar surface area (TPSA) is 58.2 Å². The summed E-state index contributed by atoms with van der Waals surface area (Å²) in [6.45, 7) is 1.98. The summed E-state index contributed by atoms with van der Waals surface area (Å²) in [7, 11) is -3.04. The minimum atomic E-state index is -3.04. The van der Waals surface area contributed by atoms with Gasteiger partial charge in [0.05, 0.1) is 5.25 Å². The molecule has 16 heavy (non-hydrogen) atoms. The molecule has 2 aliphatic carbocycles. The van der Waals surface area contributed by atoms with Crippen molar-refractivity contribution in [2.45, 2.75) is 43.4 Å². The molecule has 3 fully saturated rings. The highest BCUT2D eigenvalue weighted by molar-refractivity contribution is 7.90. The van der Waals surface area contributed by atoms with Crippen molar-refractivity contribution in [3.8, 4) is 0 Å². The molecule has 1 aliphatic heterocycles. The number of sulfonamides is 1. The lowest BCUT2D eigenvalue weighted by Gasteiger charge is -2.22. The minimum absolute atomic E-state index is 0.115. The Balaban J connectivity index is 1.60. The second kappa shape index (κ2) is 3.96. The predicted octanol–water partition coefficient (Wildman–Crippen LogP) is 0.456. The van der Waals surface area contributed by atoms with Gasteiger partial charge in [0.15, 0.2) is 0 Å². The summed E-state index contributed by atoms with van der Waals surface area (Å²) in [4.78, 5) is 0. The monoisotopic (exact) mass is 244 g/mol. The predicted molar refractivity (Wildman–Crippen MR) is 62.6 cm³/mol. The second-order valence-electron chi connectivity index (χ2n) is 5.43. The Morgan fingerprint density at radius 1 is 1.00 bits per heavy atom. The van der Waals surface area contributed by atoms with Gasteiger partial charge in [-0.3, -0.25) is 0 Å². The Hall–Kier alpha value is -0.130. The van der Waals surface area contributed by atoms with Gasteiger partial charge < -0.3 is 5.32 Å². The first-order valence-electron chi connectivity index (χ1n) is 6.40. The maximum Gasteiger partial charge on any atom is 0.214 e. The van der Waals surface area contributed by atoms with Crippen LogP contribution in [-0.4, -0.2) is 32.8 Å². The lowest BCUT2D eigenvalue weighted by atomic mass is 10.0. The Morgan fingerprint density at radius 2 is 1.62 bits per heavy atom. The summed E-state index contributed by atoms with van der Waals surface area (Å²) in [6.07, 6.45) is 5.06. The van der Waals surface area contributed by atoms with E-state index in [1.54, 1.807) is 0 Å². The molecule has 2 atom stereocenters. The molecular formula is C11H20N2O2S. The van der Waals surface area contributed by atoms with Crippen molar-refractivity contribution in [2.75, 3.05) is 13.1 Å². The average molecular weight is 244 g/mol. The molecule has 1 heterocycles. The first-order chi connectivity index (χ1) is 7.68. The van der Waals surface area contributed by atoms with Gasteiger partial charge in [-0.15, -0.1) is 0 Å². The van der Waals surface area contributed by atoms with Gasteiger partial charge in [-0.05, 0) is 37.8 Å². The number of fused-ring (bicyclic) bond motifs is 1. The van der Waals surface area contributed by atoms with E-state index in [0.29, 0.717) is 11.8 Å². The quantitative estimate of drug-likeness (QED) is 0.758. The molecule has 0 spiro atoms. The van der Waals surface area contributed by atoms with Crippen LogP contribution < -0.4 is 10.0 Å². The molecule has 92 valence electrons. The maximum atomic E-state index is 12.1. The zero-order valence-electron chi connectivity index (χ0n) is 9.48. The standard InChI is InChI=1S/C11H20N2O2S/c14-16(15,8-4-2-1-3-5-8)13-11-9-6-12-7-10(9)11/h8-13H,1-7H2. The first-order valence-corrected chi connectivity index (χ1v) is 7.95. The Bertz CT molecular complexity index is 352. The molecule has 1 saturated heterocycles. The van der Waals surface area contributed by atoms with E-state index < -0.39 is 10.0 Å². The van der Waals surface area contributed by atoms with Gasteiger partial charge in [0.2, 0.25) is 10.0 Å². The van der Waals surface area contributed by atoms with Crippen LogP contribution in [0, 0.1) is 11.8 Å². The van der Waals surface area contributed by atoms with Gasteiger partial charge in [0, 0.05) is 6.04 Å². The van der Waals surface area contributed by atoms with E-state index in [-0.39, 0.29) is 11.3 Å². The Labute approximate surface area is 97.2 Å². The molecule has 3 rings (SSSR count). The van der Waals surface area contributed by atoms with Gasteiger partial charge in [-0.25, -0.2) is 13.1 Å². The van der Waals surface area contributed by atoms with Crippen LogP contribution >= 0.6 is 0 Å². The Kier molecular flexibility index (Phi) is 2.72. The molecule has 2 N–H and O–H groups in total. The SMILES string of the molecule is O=S(=O)(NC1C2CNCC21)C1CCCCC1. The number of rotatable bonds is 3. The highest BCUT2D eigenvalue weighted by Crippen LogP contribution is 2.42. The molecule has 0 aromatic carbocycles. The van der Waals surface area contributed by atoms with Crippen molar-refractivity contribution in [2.24, 2.45) is 11.8 Å². The molecule has 2 saturated carbocycles. The van der Waals surface area contributed by atoms with Crippen molar-refractivity contribution in [1.82, 2.24) is 10.0 Å². The molecule has 0 aromatic heterocycles.